The summed E-state index contributed by atoms with van der Waals surface area (Å²) in [7, 11) is 0. The van der Waals surface area contributed by atoms with Crippen LogP contribution < -0.4 is 14.8 Å². The Balaban J connectivity index is 1.80. The maximum absolute atomic E-state index is 12.3. The number of carbonyl (C=O) groups is 1. The number of thioether (sulfide) groups is 1. The highest BCUT2D eigenvalue weighted by Crippen LogP contribution is 2.31. The van der Waals surface area contributed by atoms with E-state index in [1.807, 2.05) is 23.9 Å². The van der Waals surface area contributed by atoms with Crippen LogP contribution in [0.1, 0.15) is 10.4 Å². The summed E-state index contributed by atoms with van der Waals surface area (Å²) in [5.74, 6) is 3.46. The number of nitrogens with one attached hydrogen (secondary N) is 1. The Bertz CT molecular complexity index is 458. The molecule has 2 aliphatic rings. The SMILES string of the molecule is O=C(c1ccc2c(c1)OCCO2)C1CSCCN1. The Morgan fingerprint density at radius 1 is 1.28 bits per heavy atom. The van der Waals surface area contributed by atoms with Crippen molar-refractivity contribution in [3.05, 3.63) is 23.8 Å². The lowest BCUT2D eigenvalue weighted by Crippen LogP contribution is -2.43. The van der Waals surface area contributed by atoms with Gasteiger partial charge < -0.3 is 14.8 Å². The summed E-state index contributed by atoms with van der Waals surface area (Å²) < 4.78 is 10.9. The van der Waals surface area contributed by atoms with E-state index in [9.17, 15) is 4.79 Å². The number of benzene rings is 1. The van der Waals surface area contributed by atoms with Gasteiger partial charge in [-0.25, -0.2) is 0 Å². The van der Waals surface area contributed by atoms with Gasteiger partial charge in [0.25, 0.3) is 0 Å². The van der Waals surface area contributed by atoms with E-state index in [2.05, 4.69) is 5.32 Å². The minimum atomic E-state index is -0.0775. The Morgan fingerprint density at radius 3 is 2.89 bits per heavy atom. The van der Waals surface area contributed by atoms with Crippen molar-refractivity contribution < 1.29 is 14.3 Å². The fourth-order valence-electron chi connectivity index (χ4n) is 2.13. The molecule has 0 radical (unpaired) electrons. The Kier molecular flexibility index (Phi) is 3.43. The molecule has 0 aromatic heterocycles. The number of ketones is 1. The van der Waals surface area contributed by atoms with Crippen LogP contribution in [-0.4, -0.2) is 43.1 Å². The zero-order valence-corrected chi connectivity index (χ0v) is 10.8. The standard InChI is InChI=1S/C13H15NO3S/c15-13(10-8-18-6-3-14-10)9-1-2-11-12(7-9)17-5-4-16-11/h1-2,7,10,14H,3-6,8H2. The second-order valence-electron chi connectivity index (χ2n) is 4.30. The molecule has 0 spiro atoms. The van der Waals surface area contributed by atoms with Crippen molar-refractivity contribution in [1.82, 2.24) is 5.32 Å². The summed E-state index contributed by atoms with van der Waals surface area (Å²) in [4.78, 5) is 12.3. The maximum Gasteiger partial charge on any atom is 0.180 e. The van der Waals surface area contributed by atoms with Crippen LogP contribution in [0.15, 0.2) is 18.2 Å². The van der Waals surface area contributed by atoms with Crippen LogP contribution in [0.3, 0.4) is 0 Å². The zero-order chi connectivity index (χ0) is 12.4. The second kappa shape index (κ2) is 5.20. The molecule has 0 aliphatic carbocycles. The molecule has 1 unspecified atom stereocenters. The van der Waals surface area contributed by atoms with Gasteiger partial charge in [-0.05, 0) is 18.2 Å². The quantitative estimate of drug-likeness (QED) is 0.818. The zero-order valence-electron chi connectivity index (χ0n) is 9.98. The molecule has 96 valence electrons. The highest BCUT2D eigenvalue weighted by molar-refractivity contribution is 7.99. The van der Waals surface area contributed by atoms with Crippen LogP contribution in [0.5, 0.6) is 11.5 Å². The molecule has 1 aromatic rings. The number of hydrogen-bond donors (Lipinski definition) is 1. The molecule has 1 saturated heterocycles. The third-order valence-electron chi connectivity index (χ3n) is 3.06. The first-order valence-corrected chi connectivity index (χ1v) is 7.25. The number of Topliss-reactive ketones (excluding diaryl/α,β-unsaturated/α-hetero) is 1. The van der Waals surface area contributed by atoms with Crippen molar-refractivity contribution >= 4 is 17.5 Å². The van der Waals surface area contributed by atoms with Gasteiger partial charge in [0.1, 0.15) is 13.2 Å². The summed E-state index contributed by atoms with van der Waals surface area (Å²) in [6.45, 7) is 2.01. The summed E-state index contributed by atoms with van der Waals surface area (Å²) >= 11 is 1.82. The molecule has 1 atom stereocenters. The summed E-state index contributed by atoms with van der Waals surface area (Å²) in [5.41, 5.74) is 0.694. The topological polar surface area (TPSA) is 47.6 Å². The van der Waals surface area contributed by atoms with Crippen molar-refractivity contribution in [2.75, 3.05) is 31.3 Å². The third kappa shape index (κ3) is 2.33. The van der Waals surface area contributed by atoms with Crippen LogP contribution >= 0.6 is 11.8 Å². The highest BCUT2D eigenvalue weighted by Gasteiger charge is 2.23. The van der Waals surface area contributed by atoms with E-state index >= 15 is 0 Å². The number of rotatable bonds is 2. The fourth-order valence-corrected chi connectivity index (χ4v) is 3.07. The van der Waals surface area contributed by atoms with Gasteiger partial charge in [0.15, 0.2) is 17.3 Å². The molecule has 1 aromatic carbocycles. The molecule has 2 aliphatic heterocycles. The molecular formula is C13H15NO3S. The molecule has 4 nitrogen and oxygen atoms in total. The molecule has 3 rings (SSSR count). The van der Waals surface area contributed by atoms with Crippen molar-refractivity contribution in [3.63, 3.8) is 0 Å². The lowest BCUT2D eigenvalue weighted by Gasteiger charge is -2.23. The molecule has 1 N–H and O–H groups in total. The predicted molar refractivity (Wildman–Crippen MR) is 70.9 cm³/mol. The summed E-state index contributed by atoms with van der Waals surface area (Å²) in [5, 5.41) is 3.25. The monoisotopic (exact) mass is 265 g/mol. The Morgan fingerprint density at radius 2 is 2.11 bits per heavy atom. The fraction of sp³-hybridized carbons (Fsp3) is 0.462. The van der Waals surface area contributed by atoms with Crippen LogP contribution in [0.2, 0.25) is 0 Å². The predicted octanol–water partition coefficient (Wildman–Crippen LogP) is 1.35. The maximum atomic E-state index is 12.3. The molecule has 0 saturated carbocycles. The van der Waals surface area contributed by atoms with Gasteiger partial charge in [0.05, 0.1) is 6.04 Å². The van der Waals surface area contributed by atoms with Gasteiger partial charge in [-0.3, -0.25) is 4.79 Å². The largest absolute Gasteiger partial charge is 0.486 e. The van der Waals surface area contributed by atoms with E-state index < -0.39 is 0 Å². The van der Waals surface area contributed by atoms with Crippen LogP contribution in [0.25, 0.3) is 0 Å². The lowest BCUT2D eigenvalue weighted by atomic mass is 10.0. The van der Waals surface area contributed by atoms with Crippen LogP contribution in [0.4, 0.5) is 0 Å². The molecule has 2 heterocycles. The minimum absolute atomic E-state index is 0.0775. The van der Waals surface area contributed by atoms with Crippen molar-refractivity contribution in [2.45, 2.75) is 6.04 Å². The molecule has 5 heteroatoms. The number of fused-ring (bicyclic) bond motifs is 1. The van der Waals surface area contributed by atoms with Gasteiger partial charge in [-0.1, -0.05) is 0 Å². The second-order valence-corrected chi connectivity index (χ2v) is 5.45. The lowest BCUT2D eigenvalue weighted by molar-refractivity contribution is 0.0952. The third-order valence-corrected chi connectivity index (χ3v) is 4.13. The first kappa shape index (κ1) is 11.9. The number of ether oxygens (including phenoxy) is 2. The van der Waals surface area contributed by atoms with E-state index in [-0.39, 0.29) is 11.8 Å². The van der Waals surface area contributed by atoms with E-state index in [0.29, 0.717) is 24.5 Å². The van der Waals surface area contributed by atoms with Crippen molar-refractivity contribution in [3.8, 4) is 11.5 Å². The van der Waals surface area contributed by atoms with Crippen molar-refractivity contribution in [1.29, 1.82) is 0 Å². The van der Waals surface area contributed by atoms with Gasteiger partial charge in [0.2, 0.25) is 0 Å². The Labute approximate surface area is 110 Å². The highest BCUT2D eigenvalue weighted by atomic mass is 32.2. The van der Waals surface area contributed by atoms with Crippen molar-refractivity contribution in [2.24, 2.45) is 0 Å². The number of hydrogen-bond acceptors (Lipinski definition) is 5. The van der Waals surface area contributed by atoms with Crippen LogP contribution in [0, 0.1) is 0 Å². The average molecular weight is 265 g/mol. The van der Waals surface area contributed by atoms with Gasteiger partial charge in [-0.15, -0.1) is 0 Å². The summed E-state index contributed by atoms with van der Waals surface area (Å²) in [6, 6.07) is 5.35. The Hall–Kier alpha value is -1.20. The summed E-state index contributed by atoms with van der Waals surface area (Å²) in [6.07, 6.45) is 0. The molecule has 18 heavy (non-hydrogen) atoms. The van der Waals surface area contributed by atoms with Gasteiger partial charge >= 0.3 is 0 Å². The van der Waals surface area contributed by atoms with E-state index in [1.165, 1.54) is 0 Å². The van der Waals surface area contributed by atoms with E-state index in [1.54, 1.807) is 6.07 Å². The molecule has 0 bridgehead atoms. The normalized spacial score (nSPS) is 22.6. The van der Waals surface area contributed by atoms with Crippen LogP contribution in [-0.2, 0) is 0 Å². The first-order valence-electron chi connectivity index (χ1n) is 6.09. The smallest absolute Gasteiger partial charge is 0.180 e. The average Bonchev–Trinajstić information content (AvgIpc) is 2.47. The molecule has 1 fully saturated rings. The minimum Gasteiger partial charge on any atom is -0.486 e. The van der Waals surface area contributed by atoms with Gasteiger partial charge in [0, 0.05) is 23.6 Å². The molecule has 0 amide bonds. The number of carbonyl (C=O) groups excluding carboxylic acids is 1. The van der Waals surface area contributed by atoms with Gasteiger partial charge in [-0.2, -0.15) is 11.8 Å². The van der Waals surface area contributed by atoms with E-state index in [4.69, 9.17) is 9.47 Å². The first-order chi connectivity index (χ1) is 8.84. The van der Waals surface area contributed by atoms with E-state index in [0.717, 1.165) is 23.8 Å². The molecular weight excluding hydrogens is 250 g/mol.